The number of rotatable bonds is 5. The van der Waals surface area contributed by atoms with E-state index in [2.05, 4.69) is 29.5 Å². The van der Waals surface area contributed by atoms with Crippen LogP contribution in [0.25, 0.3) is 0 Å². The fourth-order valence-electron chi connectivity index (χ4n) is 1.65. The van der Waals surface area contributed by atoms with Gasteiger partial charge in [0.15, 0.2) is 0 Å². The van der Waals surface area contributed by atoms with Crippen LogP contribution in [0.5, 0.6) is 0 Å². The molecule has 2 rings (SSSR count). The average Bonchev–Trinajstić information content (AvgIpc) is 2.72. The maximum absolute atomic E-state index is 4.25. The Balaban J connectivity index is 1.72. The Morgan fingerprint density at radius 3 is 2.69 bits per heavy atom. The van der Waals surface area contributed by atoms with Crippen LogP contribution in [0.3, 0.4) is 0 Å². The molecule has 0 saturated carbocycles. The summed E-state index contributed by atoms with van der Waals surface area (Å²) in [4.78, 5) is 0. The quantitative estimate of drug-likeness (QED) is 0.777. The third-order valence-electron chi connectivity index (χ3n) is 2.58. The Morgan fingerprint density at radius 1 is 1.19 bits per heavy atom. The van der Waals surface area contributed by atoms with Crippen LogP contribution in [-0.4, -0.2) is 16.3 Å². The van der Waals surface area contributed by atoms with Gasteiger partial charge < -0.3 is 5.32 Å². The summed E-state index contributed by atoms with van der Waals surface area (Å²) in [6.07, 6.45) is 2.93. The fraction of sp³-hybridized carbons (Fsp3) is 0.308. The van der Waals surface area contributed by atoms with E-state index in [1.165, 1.54) is 11.4 Å². The van der Waals surface area contributed by atoms with Gasteiger partial charge in [-0.25, -0.2) is 0 Å². The van der Waals surface area contributed by atoms with Crippen LogP contribution in [0.1, 0.15) is 12.1 Å². The van der Waals surface area contributed by atoms with Crippen LogP contribution in [0, 0.1) is 6.92 Å². The van der Waals surface area contributed by atoms with Crippen molar-refractivity contribution in [3.8, 4) is 0 Å². The molecule has 1 aromatic heterocycles. The van der Waals surface area contributed by atoms with E-state index in [4.69, 9.17) is 0 Å². The molecule has 0 aliphatic rings. The van der Waals surface area contributed by atoms with Gasteiger partial charge in [0.2, 0.25) is 0 Å². The Labute approximate surface area is 96.1 Å². The van der Waals surface area contributed by atoms with Crippen LogP contribution in [0.15, 0.2) is 42.6 Å². The topological polar surface area (TPSA) is 29.9 Å². The summed E-state index contributed by atoms with van der Waals surface area (Å²) < 4.78 is 2.03. The number of hydrogen-bond acceptors (Lipinski definition) is 2. The molecule has 0 bridgehead atoms. The predicted octanol–water partition coefficient (Wildman–Crippen LogP) is 2.69. The first-order valence-electron chi connectivity index (χ1n) is 5.63. The third-order valence-corrected chi connectivity index (χ3v) is 2.58. The molecule has 1 N–H and O–H groups in total. The number of hydrogen-bond donors (Lipinski definition) is 1. The van der Waals surface area contributed by atoms with Crippen LogP contribution in [-0.2, 0) is 6.54 Å². The minimum absolute atomic E-state index is 0.971. The summed E-state index contributed by atoms with van der Waals surface area (Å²) in [5.74, 6) is 0. The molecule has 0 spiro atoms. The van der Waals surface area contributed by atoms with Crippen molar-refractivity contribution in [3.63, 3.8) is 0 Å². The summed E-state index contributed by atoms with van der Waals surface area (Å²) in [5.41, 5.74) is 2.40. The molecule has 3 nitrogen and oxygen atoms in total. The first-order chi connectivity index (χ1) is 7.86. The molecule has 0 radical (unpaired) electrons. The molecule has 84 valence electrons. The van der Waals surface area contributed by atoms with E-state index in [0.717, 1.165) is 19.5 Å². The predicted molar refractivity (Wildman–Crippen MR) is 66.5 cm³/mol. The van der Waals surface area contributed by atoms with Gasteiger partial charge in [0.25, 0.3) is 0 Å². The first-order valence-corrected chi connectivity index (χ1v) is 5.63. The van der Waals surface area contributed by atoms with Crippen molar-refractivity contribution in [2.45, 2.75) is 19.9 Å². The Morgan fingerprint density at radius 2 is 2.00 bits per heavy atom. The molecule has 16 heavy (non-hydrogen) atoms. The largest absolute Gasteiger partial charge is 0.385 e. The van der Waals surface area contributed by atoms with Crippen molar-refractivity contribution >= 4 is 5.69 Å². The SMILES string of the molecule is Cc1ccnn1CCCNc1ccccc1. The van der Waals surface area contributed by atoms with E-state index in [9.17, 15) is 0 Å². The van der Waals surface area contributed by atoms with Gasteiger partial charge in [-0.3, -0.25) is 4.68 Å². The summed E-state index contributed by atoms with van der Waals surface area (Å²) in [6.45, 7) is 4.03. The zero-order valence-corrected chi connectivity index (χ0v) is 9.56. The lowest BCUT2D eigenvalue weighted by molar-refractivity contribution is 0.577. The number of aryl methyl sites for hydroxylation is 2. The van der Waals surface area contributed by atoms with Gasteiger partial charge in [-0.2, -0.15) is 5.10 Å². The fourth-order valence-corrected chi connectivity index (χ4v) is 1.65. The van der Waals surface area contributed by atoms with E-state index in [-0.39, 0.29) is 0 Å². The van der Waals surface area contributed by atoms with Crippen LogP contribution in [0.2, 0.25) is 0 Å². The highest BCUT2D eigenvalue weighted by Gasteiger charge is 1.96. The van der Waals surface area contributed by atoms with E-state index < -0.39 is 0 Å². The third kappa shape index (κ3) is 2.86. The number of nitrogens with one attached hydrogen (secondary N) is 1. The van der Waals surface area contributed by atoms with Gasteiger partial charge in [-0.1, -0.05) is 18.2 Å². The Hall–Kier alpha value is -1.77. The molecule has 2 aromatic rings. The van der Waals surface area contributed by atoms with Gasteiger partial charge in [0.05, 0.1) is 0 Å². The van der Waals surface area contributed by atoms with Gasteiger partial charge in [0, 0.05) is 30.7 Å². The molecular weight excluding hydrogens is 198 g/mol. The van der Waals surface area contributed by atoms with Gasteiger partial charge >= 0.3 is 0 Å². The Bertz CT molecular complexity index is 420. The Kier molecular flexibility index (Phi) is 3.59. The zero-order valence-electron chi connectivity index (χ0n) is 9.56. The maximum atomic E-state index is 4.25. The monoisotopic (exact) mass is 215 g/mol. The summed E-state index contributed by atoms with van der Waals surface area (Å²) in [6, 6.07) is 12.3. The molecule has 0 amide bonds. The molecule has 0 atom stereocenters. The van der Waals surface area contributed by atoms with E-state index in [1.807, 2.05) is 35.1 Å². The van der Waals surface area contributed by atoms with Crippen molar-refractivity contribution < 1.29 is 0 Å². The number of aromatic nitrogens is 2. The molecule has 0 fully saturated rings. The lowest BCUT2D eigenvalue weighted by atomic mass is 10.3. The highest BCUT2D eigenvalue weighted by molar-refractivity contribution is 5.42. The number of benzene rings is 1. The van der Waals surface area contributed by atoms with E-state index in [1.54, 1.807) is 0 Å². The molecule has 0 unspecified atom stereocenters. The van der Waals surface area contributed by atoms with Gasteiger partial charge in [-0.15, -0.1) is 0 Å². The van der Waals surface area contributed by atoms with Crippen molar-refractivity contribution in [2.75, 3.05) is 11.9 Å². The summed E-state index contributed by atoms with van der Waals surface area (Å²) in [7, 11) is 0. The highest BCUT2D eigenvalue weighted by Crippen LogP contribution is 2.05. The van der Waals surface area contributed by atoms with Crippen molar-refractivity contribution in [1.82, 2.24) is 9.78 Å². The number of para-hydroxylation sites is 1. The minimum Gasteiger partial charge on any atom is -0.385 e. The zero-order chi connectivity index (χ0) is 11.2. The van der Waals surface area contributed by atoms with Crippen molar-refractivity contribution in [1.29, 1.82) is 0 Å². The lowest BCUT2D eigenvalue weighted by Crippen LogP contribution is -2.08. The van der Waals surface area contributed by atoms with Crippen molar-refractivity contribution in [3.05, 3.63) is 48.3 Å². The molecule has 1 aromatic carbocycles. The molecule has 0 aliphatic heterocycles. The second kappa shape index (κ2) is 5.35. The molecule has 0 saturated heterocycles. The van der Waals surface area contributed by atoms with Crippen LogP contribution >= 0.6 is 0 Å². The lowest BCUT2D eigenvalue weighted by Gasteiger charge is -2.07. The summed E-state index contributed by atoms with van der Waals surface area (Å²) >= 11 is 0. The van der Waals surface area contributed by atoms with Crippen LogP contribution < -0.4 is 5.32 Å². The second-order valence-corrected chi connectivity index (χ2v) is 3.84. The van der Waals surface area contributed by atoms with E-state index >= 15 is 0 Å². The maximum Gasteiger partial charge on any atom is 0.0492 e. The standard InChI is InChI=1S/C13H17N3/c1-12-8-10-15-16(12)11-5-9-14-13-6-3-2-4-7-13/h2-4,6-8,10,14H,5,9,11H2,1H3. The van der Waals surface area contributed by atoms with Crippen molar-refractivity contribution in [2.24, 2.45) is 0 Å². The second-order valence-electron chi connectivity index (χ2n) is 3.84. The molecule has 3 heteroatoms. The number of nitrogens with zero attached hydrogens (tertiary/aromatic N) is 2. The van der Waals surface area contributed by atoms with Crippen LogP contribution in [0.4, 0.5) is 5.69 Å². The average molecular weight is 215 g/mol. The number of anilines is 1. The molecule has 0 aliphatic carbocycles. The van der Waals surface area contributed by atoms with Gasteiger partial charge in [0.1, 0.15) is 0 Å². The molecule has 1 heterocycles. The first kappa shape index (κ1) is 10.7. The summed E-state index contributed by atoms with van der Waals surface area (Å²) in [5, 5.41) is 7.63. The van der Waals surface area contributed by atoms with E-state index in [0.29, 0.717) is 0 Å². The normalized spacial score (nSPS) is 10.3. The minimum atomic E-state index is 0.971. The smallest absolute Gasteiger partial charge is 0.0492 e. The van der Waals surface area contributed by atoms with Gasteiger partial charge in [-0.05, 0) is 31.5 Å². The molecular formula is C13H17N3. The highest BCUT2D eigenvalue weighted by atomic mass is 15.3.